The Morgan fingerprint density at radius 2 is 1.85 bits per heavy atom. The van der Waals surface area contributed by atoms with Crippen molar-refractivity contribution >= 4 is 5.97 Å². The second-order valence-corrected chi connectivity index (χ2v) is 4.59. The van der Waals surface area contributed by atoms with Crippen molar-refractivity contribution in [2.24, 2.45) is 0 Å². The minimum absolute atomic E-state index is 0. The summed E-state index contributed by atoms with van der Waals surface area (Å²) in [7, 11) is 0. The van der Waals surface area contributed by atoms with Gasteiger partial charge in [-0.05, 0) is 51.3 Å². The van der Waals surface area contributed by atoms with Crippen LogP contribution in [0, 0.1) is 27.0 Å². The number of carbonyl (C=O) groups excluding carboxylic acids is 1. The van der Waals surface area contributed by atoms with E-state index < -0.39 is 5.97 Å². The molecule has 0 aliphatic carbocycles. The first kappa shape index (κ1) is 18.8. The van der Waals surface area contributed by atoms with Crippen molar-refractivity contribution in [3.63, 3.8) is 0 Å². The van der Waals surface area contributed by atoms with E-state index in [2.05, 4.69) is 39.2 Å². The van der Waals surface area contributed by atoms with Crippen LogP contribution < -0.4 is 18.9 Å². The SMILES string of the molecule is CCOC(=O)C=[C-]O[C@H](C)c1c(C)cc(C)cc1C.[Li+]. The van der Waals surface area contributed by atoms with Gasteiger partial charge in [0, 0.05) is 0 Å². The third kappa shape index (κ3) is 5.44. The van der Waals surface area contributed by atoms with Gasteiger partial charge in [-0.15, -0.1) is 6.08 Å². The molecule has 0 radical (unpaired) electrons. The summed E-state index contributed by atoms with van der Waals surface area (Å²) in [4.78, 5) is 11.1. The van der Waals surface area contributed by atoms with E-state index in [4.69, 9.17) is 9.47 Å². The van der Waals surface area contributed by atoms with Crippen LogP contribution >= 0.6 is 0 Å². The smallest absolute Gasteiger partial charge is 0.587 e. The molecule has 1 atom stereocenters. The fraction of sp³-hybridized carbons (Fsp3) is 0.438. The average Bonchev–Trinajstić information content (AvgIpc) is 2.27. The normalized spacial score (nSPS) is 11.8. The second-order valence-electron chi connectivity index (χ2n) is 4.59. The molecule has 0 aliphatic heterocycles. The minimum atomic E-state index is -0.438. The van der Waals surface area contributed by atoms with E-state index in [9.17, 15) is 4.79 Å². The summed E-state index contributed by atoms with van der Waals surface area (Å²) in [5.74, 6) is -0.438. The predicted octanol–water partition coefficient (Wildman–Crippen LogP) is 0.573. The maximum absolute atomic E-state index is 11.1. The summed E-state index contributed by atoms with van der Waals surface area (Å²) in [6.07, 6.45) is 3.57. The van der Waals surface area contributed by atoms with Crippen molar-refractivity contribution in [1.29, 1.82) is 0 Å². The van der Waals surface area contributed by atoms with Gasteiger partial charge in [-0.2, -0.15) is 0 Å². The van der Waals surface area contributed by atoms with Crippen molar-refractivity contribution in [2.75, 3.05) is 6.61 Å². The van der Waals surface area contributed by atoms with Crippen molar-refractivity contribution in [3.8, 4) is 0 Å². The van der Waals surface area contributed by atoms with Crippen molar-refractivity contribution < 1.29 is 33.1 Å². The van der Waals surface area contributed by atoms with E-state index in [1.165, 1.54) is 22.8 Å². The molecule has 0 heterocycles. The van der Waals surface area contributed by atoms with Crippen LogP contribution in [0.4, 0.5) is 0 Å². The monoisotopic (exact) mass is 268 g/mol. The van der Waals surface area contributed by atoms with E-state index in [0.29, 0.717) is 6.61 Å². The largest absolute Gasteiger partial charge is 1.00 e. The van der Waals surface area contributed by atoms with E-state index in [-0.39, 0.29) is 25.0 Å². The van der Waals surface area contributed by atoms with Crippen molar-refractivity contribution in [2.45, 2.75) is 40.7 Å². The standard InChI is InChI=1S/C16H21O3.Li/c1-6-18-15(17)7-8-19-14(5)16-12(3)9-11(2)10-13(16)4;/h7,9-10,14H,6H2,1-5H3;/q-1;+1/t14-;/m1./s1. The molecule has 1 aromatic rings. The number of esters is 1. The van der Waals surface area contributed by atoms with Gasteiger partial charge < -0.3 is 14.3 Å². The molecular weight excluding hydrogens is 247 g/mol. The van der Waals surface area contributed by atoms with Crippen LogP contribution in [0.25, 0.3) is 0 Å². The number of rotatable bonds is 5. The third-order valence-electron chi connectivity index (χ3n) is 2.85. The van der Waals surface area contributed by atoms with Crippen LogP contribution in [-0.2, 0) is 14.3 Å². The molecule has 3 nitrogen and oxygen atoms in total. The Kier molecular flexibility index (Phi) is 8.37. The summed E-state index contributed by atoms with van der Waals surface area (Å²) < 4.78 is 10.2. The average molecular weight is 268 g/mol. The predicted molar refractivity (Wildman–Crippen MR) is 74.6 cm³/mol. The Bertz CT molecular complexity index is 458. The second kappa shape index (κ2) is 8.89. The molecule has 104 valence electrons. The molecule has 1 rings (SSSR count). The van der Waals surface area contributed by atoms with E-state index in [1.54, 1.807) is 6.92 Å². The van der Waals surface area contributed by atoms with Gasteiger partial charge >= 0.3 is 18.9 Å². The molecule has 0 N–H and O–H groups in total. The molecule has 0 aromatic heterocycles. The molecule has 0 fully saturated rings. The molecule has 0 saturated heterocycles. The van der Waals surface area contributed by atoms with Gasteiger partial charge in [0.1, 0.15) is 0 Å². The van der Waals surface area contributed by atoms with Crippen LogP contribution in [0.1, 0.15) is 42.2 Å². The number of ether oxygens (including phenoxy) is 2. The van der Waals surface area contributed by atoms with Crippen LogP contribution in [0.3, 0.4) is 0 Å². The summed E-state index contributed by atoms with van der Waals surface area (Å²) in [6.45, 7) is 10.2. The van der Waals surface area contributed by atoms with Gasteiger partial charge in [0.2, 0.25) is 0 Å². The Balaban J connectivity index is 0.00000361. The molecule has 0 saturated carbocycles. The fourth-order valence-electron chi connectivity index (χ4n) is 2.26. The Labute approximate surface area is 133 Å². The van der Waals surface area contributed by atoms with Crippen molar-refractivity contribution in [3.05, 3.63) is 46.7 Å². The molecule has 20 heavy (non-hydrogen) atoms. The van der Waals surface area contributed by atoms with Crippen molar-refractivity contribution in [1.82, 2.24) is 0 Å². The van der Waals surface area contributed by atoms with Crippen LogP contribution in [0.2, 0.25) is 0 Å². The maximum Gasteiger partial charge on any atom is 1.00 e. The van der Waals surface area contributed by atoms with Crippen LogP contribution in [0.15, 0.2) is 18.2 Å². The topological polar surface area (TPSA) is 35.5 Å². The first-order valence-corrected chi connectivity index (χ1v) is 6.44. The van der Waals surface area contributed by atoms with Gasteiger partial charge in [-0.25, -0.2) is 0 Å². The van der Waals surface area contributed by atoms with Gasteiger partial charge in [-0.1, -0.05) is 24.0 Å². The molecule has 4 heteroatoms. The van der Waals surface area contributed by atoms with Gasteiger partial charge in [0.25, 0.3) is 0 Å². The van der Waals surface area contributed by atoms with Gasteiger partial charge in [-0.3, -0.25) is 0 Å². The number of hydrogen-bond acceptors (Lipinski definition) is 3. The summed E-state index contributed by atoms with van der Waals surface area (Å²) in [5, 5.41) is 0. The summed E-state index contributed by atoms with van der Waals surface area (Å²) in [6, 6.07) is 4.24. The van der Waals surface area contributed by atoms with E-state index >= 15 is 0 Å². The molecule has 0 bridgehead atoms. The summed E-state index contributed by atoms with van der Waals surface area (Å²) in [5.41, 5.74) is 4.73. The Morgan fingerprint density at radius 3 is 2.35 bits per heavy atom. The number of benzene rings is 1. The zero-order valence-corrected chi connectivity index (χ0v) is 13.2. The van der Waals surface area contributed by atoms with Crippen LogP contribution in [-0.4, -0.2) is 12.6 Å². The number of carbonyl (C=O) groups is 1. The summed E-state index contributed by atoms with van der Waals surface area (Å²) >= 11 is 0. The molecular formula is C16H21LiO3. The zero-order valence-electron chi connectivity index (χ0n) is 13.2. The first-order valence-electron chi connectivity index (χ1n) is 6.44. The third-order valence-corrected chi connectivity index (χ3v) is 2.85. The number of aryl methyl sites for hydroxylation is 3. The Morgan fingerprint density at radius 1 is 1.30 bits per heavy atom. The quantitative estimate of drug-likeness (QED) is 0.257. The molecule has 0 amide bonds. The molecule has 0 spiro atoms. The molecule has 0 aliphatic rings. The molecule has 1 aromatic carbocycles. The zero-order chi connectivity index (χ0) is 14.4. The van der Waals surface area contributed by atoms with E-state index in [0.717, 1.165) is 5.56 Å². The Hall–Kier alpha value is -1.17. The first-order chi connectivity index (χ1) is 8.95. The maximum atomic E-state index is 11.1. The van der Waals surface area contributed by atoms with Gasteiger partial charge in [0.05, 0.1) is 12.7 Å². The molecule has 0 unspecified atom stereocenters. The van der Waals surface area contributed by atoms with Crippen LogP contribution in [0.5, 0.6) is 0 Å². The van der Waals surface area contributed by atoms with E-state index in [1.807, 2.05) is 6.92 Å². The fourth-order valence-corrected chi connectivity index (χ4v) is 2.26. The number of hydrogen-bond donors (Lipinski definition) is 0. The van der Waals surface area contributed by atoms with Gasteiger partial charge in [0.15, 0.2) is 5.97 Å². The minimum Gasteiger partial charge on any atom is -0.587 e.